The molecular weight excluding hydrogens is 358 g/mol. The predicted octanol–water partition coefficient (Wildman–Crippen LogP) is 3.28. The zero-order chi connectivity index (χ0) is 19.1. The lowest BCUT2D eigenvalue weighted by atomic mass is 9.90. The van der Waals surface area contributed by atoms with Crippen LogP contribution in [0.3, 0.4) is 0 Å². The molecule has 1 aromatic carbocycles. The SMILES string of the molecule is COCCNC(=O)c1ccc(CC2CCN(Cc3scnc3C)CC2)cc1. The lowest BCUT2D eigenvalue weighted by Gasteiger charge is -2.31. The number of carbonyl (C=O) groups is 1. The minimum Gasteiger partial charge on any atom is -0.383 e. The van der Waals surface area contributed by atoms with E-state index in [4.69, 9.17) is 4.74 Å². The van der Waals surface area contributed by atoms with Crippen LogP contribution < -0.4 is 5.32 Å². The molecule has 1 aliphatic rings. The second-order valence-electron chi connectivity index (χ2n) is 7.23. The third-order valence-corrected chi connectivity index (χ3v) is 6.17. The molecule has 0 aliphatic carbocycles. The molecule has 0 radical (unpaired) electrons. The average molecular weight is 388 g/mol. The summed E-state index contributed by atoms with van der Waals surface area (Å²) >= 11 is 1.76. The highest BCUT2D eigenvalue weighted by molar-refractivity contribution is 7.09. The van der Waals surface area contributed by atoms with Gasteiger partial charge in [-0.25, -0.2) is 4.98 Å². The molecule has 27 heavy (non-hydrogen) atoms. The minimum atomic E-state index is -0.0368. The molecular formula is C21H29N3O2S. The Kier molecular flexibility index (Phi) is 7.38. The number of thiazole rings is 1. The van der Waals surface area contributed by atoms with E-state index in [1.54, 1.807) is 18.4 Å². The minimum absolute atomic E-state index is 0.0368. The summed E-state index contributed by atoms with van der Waals surface area (Å²) in [6.45, 7) is 6.52. The normalized spacial score (nSPS) is 15.8. The van der Waals surface area contributed by atoms with Crippen molar-refractivity contribution < 1.29 is 9.53 Å². The number of carbonyl (C=O) groups excluding carboxylic acids is 1. The van der Waals surface area contributed by atoms with Crippen LogP contribution in [0.5, 0.6) is 0 Å². The smallest absolute Gasteiger partial charge is 0.251 e. The maximum Gasteiger partial charge on any atom is 0.251 e. The molecule has 1 aliphatic heterocycles. The Morgan fingerprint density at radius 1 is 1.30 bits per heavy atom. The van der Waals surface area contributed by atoms with E-state index in [2.05, 4.69) is 34.3 Å². The molecule has 0 unspecified atom stereocenters. The van der Waals surface area contributed by atoms with Gasteiger partial charge in [0, 0.05) is 30.6 Å². The van der Waals surface area contributed by atoms with Crippen molar-refractivity contribution in [2.24, 2.45) is 5.92 Å². The lowest BCUT2D eigenvalue weighted by Crippen LogP contribution is -2.33. The fourth-order valence-corrected chi connectivity index (χ4v) is 4.34. The number of nitrogens with one attached hydrogen (secondary N) is 1. The fraction of sp³-hybridized carbons (Fsp3) is 0.524. The Bertz CT molecular complexity index is 721. The van der Waals surface area contributed by atoms with Gasteiger partial charge in [-0.05, 0) is 62.9 Å². The molecule has 0 bridgehead atoms. The largest absolute Gasteiger partial charge is 0.383 e. The number of methoxy groups -OCH3 is 1. The predicted molar refractivity (Wildman–Crippen MR) is 109 cm³/mol. The van der Waals surface area contributed by atoms with Crippen molar-refractivity contribution in [1.82, 2.24) is 15.2 Å². The molecule has 146 valence electrons. The van der Waals surface area contributed by atoms with E-state index in [-0.39, 0.29) is 5.91 Å². The topological polar surface area (TPSA) is 54.5 Å². The zero-order valence-corrected chi connectivity index (χ0v) is 17.1. The van der Waals surface area contributed by atoms with Gasteiger partial charge < -0.3 is 10.1 Å². The molecule has 3 rings (SSSR count). The van der Waals surface area contributed by atoms with Gasteiger partial charge in [0.05, 0.1) is 17.8 Å². The number of amides is 1. The van der Waals surface area contributed by atoms with Crippen LogP contribution in [0.4, 0.5) is 0 Å². The number of benzene rings is 1. The summed E-state index contributed by atoms with van der Waals surface area (Å²) in [6, 6.07) is 8.05. The first-order chi connectivity index (χ1) is 13.2. The molecule has 1 amide bonds. The first kappa shape index (κ1) is 20.0. The molecule has 1 fully saturated rings. The van der Waals surface area contributed by atoms with Crippen LogP contribution in [0, 0.1) is 12.8 Å². The quantitative estimate of drug-likeness (QED) is 0.706. The highest BCUT2D eigenvalue weighted by atomic mass is 32.1. The molecule has 6 heteroatoms. The molecule has 0 spiro atoms. The summed E-state index contributed by atoms with van der Waals surface area (Å²) in [4.78, 5) is 20.3. The molecule has 0 saturated carbocycles. The van der Waals surface area contributed by atoms with Gasteiger partial charge in [0.25, 0.3) is 5.91 Å². The summed E-state index contributed by atoms with van der Waals surface area (Å²) in [5.41, 5.74) is 5.15. The summed E-state index contributed by atoms with van der Waals surface area (Å²) in [7, 11) is 1.63. The van der Waals surface area contributed by atoms with Crippen LogP contribution in [0.2, 0.25) is 0 Å². The van der Waals surface area contributed by atoms with E-state index in [1.165, 1.54) is 29.0 Å². The monoisotopic (exact) mass is 387 g/mol. The van der Waals surface area contributed by atoms with Crippen LogP contribution in [0.1, 0.15) is 39.3 Å². The Morgan fingerprint density at radius 2 is 2.04 bits per heavy atom. The number of likely N-dealkylation sites (tertiary alicyclic amines) is 1. The number of hydrogen-bond donors (Lipinski definition) is 1. The molecule has 2 heterocycles. The molecule has 1 aromatic heterocycles. The van der Waals surface area contributed by atoms with E-state index in [0.717, 1.165) is 32.0 Å². The van der Waals surface area contributed by atoms with Crippen LogP contribution >= 0.6 is 11.3 Å². The number of aryl methyl sites for hydroxylation is 1. The fourth-order valence-electron chi connectivity index (χ4n) is 3.52. The van der Waals surface area contributed by atoms with Crippen molar-refractivity contribution in [3.8, 4) is 0 Å². The number of hydrogen-bond acceptors (Lipinski definition) is 5. The first-order valence-electron chi connectivity index (χ1n) is 9.63. The summed E-state index contributed by atoms with van der Waals surface area (Å²) in [5, 5.41) is 2.85. The molecule has 1 N–H and O–H groups in total. The van der Waals surface area contributed by atoms with Gasteiger partial charge in [-0.2, -0.15) is 0 Å². The third kappa shape index (κ3) is 5.86. The van der Waals surface area contributed by atoms with E-state index in [0.29, 0.717) is 18.7 Å². The Balaban J connectivity index is 1.43. The van der Waals surface area contributed by atoms with Gasteiger partial charge in [-0.15, -0.1) is 11.3 Å². The van der Waals surface area contributed by atoms with Crippen LogP contribution in [-0.4, -0.2) is 49.1 Å². The number of nitrogens with zero attached hydrogens (tertiary/aromatic N) is 2. The van der Waals surface area contributed by atoms with E-state index < -0.39 is 0 Å². The highest BCUT2D eigenvalue weighted by Gasteiger charge is 2.20. The van der Waals surface area contributed by atoms with Crippen LogP contribution in [0.25, 0.3) is 0 Å². The van der Waals surface area contributed by atoms with Crippen molar-refractivity contribution in [3.63, 3.8) is 0 Å². The Morgan fingerprint density at radius 3 is 2.67 bits per heavy atom. The van der Waals surface area contributed by atoms with Crippen molar-refractivity contribution >= 4 is 17.2 Å². The number of rotatable bonds is 8. The zero-order valence-electron chi connectivity index (χ0n) is 16.2. The number of aromatic nitrogens is 1. The van der Waals surface area contributed by atoms with Gasteiger partial charge >= 0.3 is 0 Å². The summed E-state index contributed by atoms with van der Waals surface area (Å²) < 4.78 is 4.95. The van der Waals surface area contributed by atoms with E-state index in [1.807, 2.05) is 17.6 Å². The van der Waals surface area contributed by atoms with Crippen LogP contribution in [0.15, 0.2) is 29.8 Å². The van der Waals surface area contributed by atoms with Crippen molar-refractivity contribution in [2.75, 3.05) is 33.4 Å². The highest BCUT2D eigenvalue weighted by Crippen LogP contribution is 2.24. The van der Waals surface area contributed by atoms with E-state index in [9.17, 15) is 4.79 Å². The van der Waals surface area contributed by atoms with E-state index >= 15 is 0 Å². The molecule has 1 saturated heterocycles. The maximum atomic E-state index is 12.0. The lowest BCUT2D eigenvalue weighted by molar-refractivity contribution is 0.0937. The van der Waals surface area contributed by atoms with Crippen molar-refractivity contribution in [1.29, 1.82) is 0 Å². The van der Waals surface area contributed by atoms with Gasteiger partial charge in [-0.3, -0.25) is 9.69 Å². The van der Waals surface area contributed by atoms with Crippen molar-refractivity contribution in [2.45, 2.75) is 32.7 Å². The molecule has 0 atom stereocenters. The standard InChI is InChI=1S/C21H29N3O2S/c1-16-20(27-15-23-16)14-24-10-7-18(8-11-24)13-17-3-5-19(6-4-17)21(25)22-9-12-26-2/h3-6,15,18H,7-14H2,1-2H3,(H,22,25). The van der Waals surface area contributed by atoms with Gasteiger partial charge in [0.2, 0.25) is 0 Å². The summed E-state index contributed by atoms with van der Waals surface area (Å²) in [5.74, 6) is 0.690. The Labute approximate surface area is 165 Å². The summed E-state index contributed by atoms with van der Waals surface area (Å²) in [6.07, 6.45) is 3.56. The maximum absolute atomic E-state index is 12.0. The second-order valence-corrected chi connectivity index (χ2v) is 8.17. The average Bonchev–Trinajstić information content (AvgIpc) is 3.08. The van der Waals surface area contributed by atoms with Gasteiger partial charge in [0.1, 0.15) is 0 Å². The molecule has 2 aromatic rings. The second kappa shape index (κ2) is 9.97. The van der Waals surface area contributed by atoms with Crippen molar-refractivity contribution in [3.05, 3.63) is 51.5 Å². The Hall–Kier alpha value is -1.76. The van der Waals surface area contributed by atoms with Gasteiger partial charge in [0.15, 0.2) is 0 Å². The number of ether oxygens (including phenoxy) is 1. The molecule has 5 nitrogen and oxygen atoms in total. The van der Waals surface area contributed by atoms with Crippen LogP contribution in [-0.2, 0) is 17.7 Å². The third-order valence-electron chi connectivity index (χ3n) is 5.25. The first-order valence-corrected chi connectivity index (χ1v) is 10.5. The van der Waals surface area contributed by atoms with Gasteiger partial charge in [-0.1, -0.05) is 12.1 Å². The number of piperidine rings is 1.